The van der Waals surface area contributed by atoms with Crippen LogP contribution in [-0.2, 0) is 22.4 Å². The molecule has 4 nitrogen and oxygen atoms in total. The third-order valence-corrected chi connectivity index (χ3v) is 4.35. The number of alkyl halides is 4. The van der Waals surface area contributed by atoms with Gasteiger partial charge in [0.15, 0.2) is 12.4 Å². The molecule has 0 aliphatic carbocycles. The zero-order valence-electron chi connectivity index (χ0n) is 16.2. The number of benzene rings is 1. The van der Waals surface area contributed by atoms with Crippen molar-refractivity contribution in [3.63, 3.8) is 0 Å². The third kappa shape index (κ3) is 7.44. The van der Waals surface area contributed by atoms with Crippen LogP contribution in [0.15, 0.2) is 36.7 Å². The van der Waals surface area contributed by atoms with Gasteiger partial charge in [0, 0.05) is 24.4 Å². The van der Waals surface area contributed by atoms with Gasteiger partial charge >= 0.3 is 18.3 Å². The largest absolute Gasteiger partial charge is 0.459 e. The molecule has 0 amide bonds. The third-order valence-electron chi connectivity index (χ3n) is 4.35. The van der Waals surface area contributed by atoms with Crippen LogP contribution < -0.4 is 0 Å². The first-order valence-electron chi connectivity index (χ1n) is 9.53. The number of esters is 1. The van der Waals surface area contributed by atoms with Crippen molar-refractivity contribution in [3.05, 3.63) is 47.8 Å². The zero-order valence-corrected chi connectivity index (χ0v) is 16.2. The van der Waals surface area contributed by atoms with Gasteiger partial charge in [0.05, 0.1) is 0 Å². The fraction of sp³-hybridized carbons (Fsp3) is 0.476. The first-order valence-corrected chi connectivity index (χ1v) is 9.53. The van der Waals surface area contributed by atoms with Gasteiger partial charge in [-0.3, -0.25) is 4.79 Å². The number of hydrogen-bond donors (Lipinski definition) is 0. The molecule has 29 heavy (non-hydrogen) atoms. The maximum atomic E-state index is 12.7. The Morgan fingerprint density at radius 1 is 1.03 bits per heavy atom. The first-order chi connectivity index (χ1) is 13.8. The molecule has 0 unspecified atom stereocenters. The van der Waals surface area contributed by atoms with Crippen LogP contribution in [0.1, 0.15) is 43.7 Å². The molecular formula is C21H24F4N2O2. The van der Waals surface area contributed by atoms with E-state index in [4.69, 9.17) is 0 Å². The second-order valence-electron chi connectivity index (χ2n) is 6.79. The number of rotatable bonds is 11. The number of nitrogens with zero attached hydrogens (tertiary/aromatic N) is 2. The van der Waals surface area contributed by atoms with E-state index in [1.807, 2.05) is 12.4 Å². The lowest BCUT2D eigenvalue weighted by Crippen LogP contribution is -2.33. The fourth-order valence-corrected chi connectivity index (χ4v) is 2.59. The Morgan fingerprint density at radius 3 is 2.28 bits per heavy atom. The van der Waals surface area contributed by atoms with Gasteiger partial charge in [-0.25, -0.2) is 18.7 Å². The molecule has 1 heterocycles. The van der Waals surface area contributed by atoms with E-state index in [0.717, 1.165) is 36.0 Å². The monoisotopic (exact) mass is 412 g/mol. The van der Waals surface area contributed by atoms with E-state index in [0.29, 0.717) is 5.82 Å². The van der Waals surface area contributed by atoms with Gasteiger partial charge in [-0.2, -0.15) is 8.78 Å². The van der Waals surface area contributed by atoms with Crippen LogP contribution in [0.4, 0.5) is 17.6 Å². The maximum Gasteiger partial charge on any atom is 0.340 e. The second-order valence-corrected chi connectivity index (χ2v) is 6.79. The SMILES string of the molecule is CCCCCc1cnc(-c2ccc(CCC(=O)OCC(F)(F)C(F)F)cc2)nc1. The van der Waals surface area contributed by atoms with Crippen molar-refractivity contribution in [2.45, 2.75) is 57.8 Å². The van der Waals surface area contributed by atoms with Gasteiger partial charge in [0.1, 0.15) is 0 Å². The molecule has 2 rings (SSSR count). The summed E-state index contributed by atoms with van der Waals surface area (Å²) in [5.41, 5.74) is 2.69. The van der Waals surface area contributed by atoms with E-state index in [1.54, 1.807) is 24.3 Å². The smallest absolute Gasteiger partial charge is 0.340 e. The summed E-state index contributed by atoms with van der Waals surface area (Å²) in [4.78, 5) is 20.2. The van der Waals surface area contributed by atoms with E-state index in [1.165, 1.54) is 6.42 Å². The van der Waals surface area contributed by atoms with Crippen LogP contribution in [0, 0.1) is 0 Å². The summed E-state index contributed by atoms with van der Waals surface area (Å²) in [5, 5.41) is 0. The number of aryl methyl sites for hydroxylation is 2. The Morgan fingerprint density at radius 2 is 1.69 bits per heavy atom. The number of ether oxygens (including phenoxy) is 1. The molecule has 0 saturated carbocycles. The number of aromatic nitrogens is 2. The van der Waals surface area contributed by atoms with Gasteiger partial charge in [0.2, 0.25) is 0 Å². The van der Waals surface area contributed by atoms with Gasteiger partial charge in [-0.1, -0.05) is 44.0 Å². The van der Waals surface area contributed by atoms with E-state index >= 15 is 0 Å². The minimum atomic E-state index is -4.33. The number of carbonyl (C=O) groups is 1. The molecule has 0 saturated heterocycles. The molecule has 0 radical (unpaired) electrons. The average Bonchev–Trinajstić information content (AvgIpc) is 2.72. The molecular weight excluding hydrogens is 388 g/mol. The lowest BCUT2D eigenvalue weighted by molar-refractivity contribution is -0.179. The van der Waals surface area contributed by atoms with Crippen molar-refractivity contribution in [3.8, 4) is 11.4 Å². The highest BCUT2D eigenvalue weighted by molar-refractivity contribution is 5.69. The van der Waals surface area contributed by atoms with Crippen LogP contribution in [0.3, 0.4) is 0 Å². The highest BCUT2D eigenvalue weighted by Gasteiger charge is 2.42. The Labute approximate surface area is 167 Å². The Bertz CT molecular complexity index is 765. The van der Waals surface area contributed by atoms with E-state index in [9.17, 15) is 22.4 Å². The maximum absolute atomic E-state index is 12.7. The topological polar surface area (TPSA) is 52.1 Å². The van der Waals surface area contributed by atoms with E-state index in [2.05, 4.69) is 21.6 Å². The first kappa shape index (κ1) is 22.8. The predicted octanol–water partition coefficient (Wildman–Crippen LogP) is 5.25. The second kappa shape index (κ2) is 10.9. The Kier molecular flexibility index (Phi) is 8.54. The van der Waals surface area contributed by atoms with Crippen LogP contribution in [0.25, 0.3) is 11.4 Å². The molecule has 0 bridgehead atoms. The number of unbranched alkanes of at least 4 members (excludes halogenated alkanes) is 2. The molecule has 0 aliphatic rings. The molecule has 1 aromatic carbocycles. The molecule has 0 N–H and O–H groups in total. The van der Waals surface area contributed by atoms with Crippen LogP contribution in [0.5, 0.6) is 0 Å². The van der Waals surface area contributed by atoms with E-state index < -0.39 is 24.9 Å². The van der Waals surface area contributed by atoms with Crippen molar-refractivity contribution in [2.24, 2.45) is 0 Å². The standard InChI is InChI=1S/C21H24F4N2O2/c1-2-3-4-5-16-12-26-19(27-13-16)17-9-6-15(7-10-17)8-11-18(28)29-14-21(24,25)20(22)23/h6-7,9-10,12-13,20H,2-5,8,11,14H2,1H3. The quantitative estimate of drug-likeness (QED) is 0.287. The van der Waals surface area contributed by atoms with Crippen LogP contribution in [0.2, 0.25) is 0 Å². The Balaban J connectivity index is 1.83. The summed E-state index contributed by atoms with van der Waals surface area (Å²) in [6, 6.07) is 7.15. The molecule has 2 aromatic rings. The summed E-state index contributed by atoms with van der Waals surface area (Å²) < 4.78 is 53.8. The summed E-state index contributed by atoms with van der Waals surface area (Å²) >= 11 is 0. The Hall–Kier alpha value is -2.51. The molecule has 0 atom stereocenters. The van der Waals surface area contributed by atoms with Gasteiger partial charge in [0.25, 0.3) is 0 Å². The van der Waals surface area contributed by atoms with Crippen molar-refractivity contribution in [2.75, 3.05) is 6.61 Å². The van der Waals surface area contributed by atoms with Crippen molar-refractivity contribution in [1.29, 1.82) is 0 Å². The van der Waals surface area contributed by atoms with Crippen LogP contribution in [-0.4, -0.2) is 34.9 Å². The fourth-order valence-electron chi connectivity index (χ4n) is 2.59. The number of carbonyl (C=O) groups excluding carboxylic acids is 1. The molecule has 1 aromatic heterocycles. The van der Waals surface area contributed by atoms with Gasteiger partial charge in [-0.05, 0) is 30.4 Å². The molecule has 0 aliphatic heterocycles. The molecule has 158 valence electrons. The number of halogens is 4. The predicted molar refractivity (Wildman–Crippen MR) is 101 cm³/mol. The molecule has 8 heteroatoms. The summed E-state index contributed by atoms with van der Waals surface area (Å²) in [6.45, 7) is 0.534. The highest BCUT2D eigenvalue weighted by atomic mass is 19.3. The highest BCUT2D eigenvalue weighted by Crippen LogP contribution is 2.23. The van der Waals surface area contributed by atoms with Crippen molar-refractivity contribution >= 4 is 5.97 Å². The zero-order chi connectivity index (χ0) is 21.3. The number of hydrogen-bond acceptors (Lipinski definition) is 4. The van der Waals surface area contributed by atoms with Crippen molar-refractivity contribution < 1.29 is 27.1 Å². The summed E-state index contributed by atoms with van der Waals surface area (Å²) in [7, 11) is 0. The molecule has 0 fully saturated rings. The van der Waals surface area contributed by atoms with Gasteiger partial charge < -0.3 is 4.74 Å². The lowest BCUT2D eigenvalue weighted by atomic mass is 10.1. The minimum Gasteiger partial charge on any atom is -0.459 e. The normalized spacial score (nSPS) is 11.7. The lowest BCUT2D eigenvalue weighted by Gasteiger charge is -2.14. The van der Waals surface area contributed by atoms with E-state index in [-0.39, 0.29) is 12.8 Å². The average molecular weight is 412 g/mol. The molecule has 0 spiro atoms. The summed E-state index contributed by atoms with van der Waals surface area (Å²) in [6.07, 6.45) is 4.22. The van der Waals surface area contributed by atoms with Gasteiger partial charge in [-0.15, -0.1) is 0 Å². The summed E-state index contributed by atoms with van der Waals surface area (Å²) in [5.74, 6) is -4.69. The van der Waals surface area contributed by atoms with Crippen molar-refractivity contribution in [1.82, 2.24) is 9.97 Å². The minimum absolute atomic E-state index is 0.179. The van der Waals surface area contributed by atoms with Crippen LogP contribution >= 0.6 is 0 Å².